The van der Waals surface area contributed by atoms with Crippen LogP contribution in [0.4, 0.5) is 0 Å². The standard InChI is InChI=1S/C51H32N4S/c1-4-15-33(16-5-1)34-27-29-37(30-28-34)50-52-49(36-19-8-3-9-20-36)53-51(54-50)40-22-11-13-25-44(40)55-43-24-12-10-21-39(43)41-31-42-47(32-45(41)55)56-46-26-14-23-38(48(42)46)35-17-6-2-7-18-35/h1-32H. The summed E-state index contributed by atoms with van der Waals surface area (Å²) in [4.78, 5) is 15.4. The lowest BCUT2D eigenvalue weighted by Gasteiger charge is -2.14. The quantitative estimate of drug-likeness (QED) is 0.171. The van der Waals surface area contributed by atoms with E-state index in [9.17, 15) is 0 Å². The third kappa shape index (κ3) is 5.40. The highest BCUT2D eigenvalue weighted by Gasteiger charge is 2.21. The summed E-state index contributed by atoms with van der Waals surface area (Å²) in [5.41, 5.74) is 10.9. The summed E-state index contributed by atoms with van der Waals surface area (Å²) in [6, 6.07) is 68.5. The van der Waals surface area contributed by atoms with Crippen LogP contribution in [-0.4, -0.2) is 19.5 Å². The second kappa shape index (κ2) is 13.3. The molecule has 4 nitrogen and oxygen atoms in total. The molecule has 11 aromatic rings. The van der Waals surface area contributed by atoms with Gasteiger partial charge in [-0.3, -0.25) is 0 Å². The molecular weight excluding hydrogens is 701 g/mol. The molecule has 0 fully saturated rings. The predicted molar refractivity (Wildman–Crippen MR) is 234 cm³/mol. The van der Waals surface area contributed by atoms with Crippen LogP contribution < -0.4 is 0 Å². The Labute approximate surface area is 327 Å². The van der Waals surface area contributed by atoms with E-state index in [4.69, 9.17) is 15.0 Å². The smallest absolute Gasteiger partial charge is 0.166 e. The van der Waals surface area contributed by atoms with E-state index in [0.29, 0.717) is 17.5 Å². The lowest BCUT2D eigenvalue weighted by Crippen LogP contribution is -2.03. The molecule has 0 bridgehead atoms. The fraction of sp³-hybridized carbons (Fsp3) is 0. The average Bonchev–Trinajstić information content (AvgIpc) is 3.81. The molecule has 262 valence electrons. The Balaban J connectivity index is 1.13. The van der Waals surface area contributed by atoms with E-state index in [2.05, 4.69) is 174 Å². The third-order valence-corrected chi connectivity index (χ3v) is 11.8. The molecule has 8 aromatic carbocycles. The molecule has 5 heteroatoms. The van der Waals surface area contributed by atoms with Crippen molar-refractivity contribution >= 4 is 53.3 Å². The molecule has 0 amide bonds. The van der Waals surface area contributed by atoms with E-state index in [1.54, 1.807) is 0 Å². The van der Waals surface area contributed by atoms with Gasteiger partial charge in [0.2, 0.25) is 0 Å². The van der Waals surface area contributed by atoms with Gasteiger partial charge in [-0.05, 0) is 58.7 Å². The van der Waals surface area contributed by atoms with Crippen LogP contribution >= 0.6 is 11.3 Å². The highest BCUT2D eigenvalue weighted by molar-refractivity contribution is 7.26. The van der Waals surface area contributed by atoms with Gasteiger partial charge in [0.1, 0.15) is 0 Å². The summed E-state index contributed by atoms with van der Waals surface area (Å²) < 4.78 is 4.93. The molecule has 0 unspecified atom stereocenters. The Morgan fingerprint density at radius 2 is 0.893 bits per heavy atom. The minimum atomic E-state index is 0.623. The van der Waals surface area contributed by atoms with Gasteiger partial charge in [0.15, 0.2) is 17.5 Å². The zero-order chi connectivity index (χ0) is 37.0. The molecule has 3 aromatic heterocycles. The molecule has 0 aliphatic rings. The van der Waals surface area contributed by atoms with Gasteiger partial charge in [-0.2, -0.15) is 0 Å². The van der Waals surface area contributed by atoms with Crippen molar-refractivity contribution in [2.45, 2.75) is 0 Å². The van der Waals surface area contributed by atoms with Crippen molar-refractivity contribution in [1.82, 2.24) is 19.5 Å². The van der Waals surface area contributed by atoms with Crippen molar-refractivity contribution in [2.75, 3.05) is 0 Å². The molecule has 0 aliphatic carbocycles. The summed E-state index contributed by atoms with van der Waals surface area (Å²) in [7, 11) is 0. The van der Waals surface area contributed by atoms with E-state index in [0.717, 1.165) is 39.0 Å². The fourth-order valence-corrected chi connectivity index (χ4v) is 9.19. The van der Waals surface area contributed by atoms with E-state index >= 15 is 0 Å². The average molecular weight is 733 g/mol. The van der Waals surface area contributed by atoms with E-state index < -0.39 is 0 Å². The van der Waals surface area contributed by atoms with Gasteiger partial charge in [-0.1, -0.05) is 158 Å². The molecule has 0 saturated heterocycles. The normalized spacial score (nSPS) is 11.6. The van der Waals surface area contributed by atoms with Crippen molar-refractivity contribution in [3.8, 4) is 62.1 Å². The second-order valence-electron chi connectivity index (χ2n) is 14.0. The van der Waals surface area contributed by atoms with E-state index in [1.165, 1.54) is 47.6 Å². The summed E-state index contributed by atoms with van der Waals surface area (Å²) >= 11 is 1.85. The number of fused-ring (bicyclic) bond motifs is 6. The van der Waals surface area contributed by atoms with Crippen LogP contribution in [0.3, 0.4) is 0 Å². The van der Waals surface area contributed by atoms with Gasteiger partial charge in [0, 0.05) is 47.6 Å². The molecule has 3 heterocycles. The van der Waals surface area contributed by atoms with Gasteiger partial charge in [0.05, 0.1) is 16.7 Å². The molecular formula is C51H32N4S. The molecule has 56 heavy (non-hydrogen) atoms. The Bertz CT molecular complexity index is 3220. The van der Waals surface area contributed by atoms with Crippen molar-refractivity contribution < 1.29 is 0 Å². The maximum Gasteiger partial charge on any atom is 0.166 e. The number of rotatable bonds is 6. The van der Waals surface area contributed by atoms with Crippen LogP contribution in [0.15, 0.2) is 194 Å². The Hall–Kier alpha value is -7.21. The monoisotopic (exact) mass is 732 g/mol. The highest BCUT2D eigenvalue weighted by Crippen LogP contribution is 2.44. The number of nitrogens with zero attached hydrogens (tertiary/aromatic N) is 4. The van der Waals surface area contributed by atoms with Crippen LogP contribution in [0.1, 0.15) is 0 Å². The predicted octanol–water partition coefficient (Wildman–Crippen LogP) is 13.7. The molecule has 0 radical (unpaired) electrons. The van der Waals surface area contributed by atoms with Crippen molar-refractivity contribution in [3.05, 3.63) is 194 Å². The minimum Gasteiger partial charge on any atom is -0.308 e. The summed E-state index contributed by atoms with van der Waals surface area (Å²) in [5.74, 6) is 1.89. The molecule has 0 N–H and O–H groups in total. The van der Waals surface area contributed by atoms with Gasteiger partial charge < -0.3 is 4.57 Å². The van der Waals surface area contributed by atoms with Crippen molar-refractivity contribution in [3.63, 3.8) is 0 Å². The topological polar surface area (TPSA) is 43.6 Å². The number of hydrogen-bond acceptors (Lipinski definition) is 4. The molecule has 0 spiro atoms. The van der Waals surface area contributed by atoms with Crippen LogP contribution in [-0.2, 0) is 0 Å². The first-order valence-corrected chi connectivity index (χ1v) is 19.6. The molecule has 0 saturated carbocycles. The summed E-state index contributed by atoms with van der Waals surface area (Å²) in [6.45, 7) is 0. The highest BCUT2D eigenvalue weighted by atomic mass is 32.1. The first kappa shape index (κ1) is 32.2. The van der Waals surface area contributed by atoms with Gasteiger partial charge >= 0.3 is 0 Å². The molecule has 11 rings (SSSR count). The van der Waals surface area contributed by atoms with Crippen molar-refractivity contribution in [2.24, 2.45) is 0 Å². The van der Waals surface area contributed by atoms with Gasteiger partial charge in [-0.25, -0.2) is 15.0 Å². The lowest BCUT2D eigenvalue weighted by molar-refractivity contribution is 1.06. The van der Waals surface area contributed by atoms with Crippen LogP contribution in [0.2, 0.25) is 0 Å². The number of hydrogen-bond donors (Lipinski definition) is 0. The SMILES string of the molecule is c1ccc(-c2ccc(-c3nc(-c4ccccc4)nc(-c4ccccc4-n4c5ccccc5c5cc6c(cc54)sc4cccc(-c5ccccc5)c46)n3)cc2)cc1. The van der Waals surface area contributed by atoms with Crippen molar-refractivity contribution in [1.29, 1.82) is 0 Å². The first-order valence-electron chi connectivity index (χ1n) is 18.8. The van der Waals surface area contributed by atoms with Gasteiger partial charge in [0.25, 0.3) is 0 Å². The zero-order valence-electron chi connectivity index (χ0n) is 30.2. The Morgan fingerprint density at radius 3 is 1.64 bits per heavy atom. The summed E-state index contributed by atoms with van der Waals surface area (Å²) in [5, 5.41) is 5.00. The molecule has 0 aliphatic heterocycles. The number of thiophene rings is 1. The largest absolute Gasteiger partial charge is 0.308 e. The Kier molecular flexibility index (Phi) is 7.64. The zero-order valence-corrected chi connectivity index (χ0v) is 31.0. The minimum absolute atomic E-state index is 0.623. The summed E-state index contributed by atoms with van der Waals surface area (Å²) in [6.07, 6.45) is 0. The van der Waals surface area contributed by atoms with Gasteiger partial charge in [-0.15, -0.1) is 11.3 Å². The molecule has 0 atom stereocenters. The van der Waals surface area contributed by atoms with Crippen LogP contribution in [0.25, 0.3) is 104 Å². The van der Waals surface area contributed by atoms with E-state index in [-0.39, 0.29) is 0 Å². The Morgan fingerprint density at radius 1 is 0.339 bits per heavy atom. The first-order chi connectivity index (χ1) is 27.8. The number of para-hydroxylation sites is 2. The number of benzene rings is 8. The lowest BCUT2D eigenvalue weighted by atomic mass is 9.99. The van der Waals surface area contributed by atoms with Crippen LogP contribution in [0, 0.1) is 0 Å². The number of aromatic nitrogens is 4. The van der Waals surface area contributed by atoms with E-state index in [1.807, 2.05) is 35.6 Å². The second-order valence-corrected chi connectivity index (χ2v) is 15.1. The maximum absolute atomic E-state index is 5.22. The van der Waals surface area contributed by atoms with Crippen LogP contribution in [0.5, 0.6) is 0 Å². The fourth-order valence-electron chi connectivity index (χ4n) is 8.05. The maximum atomic E-state index is 5.22. The third-order valence-electron chi connectivity index (χ3n) is 10.7.